The number of methoxy groups -OCH3 is 2. The van der Waals surface area contributed by atoms with Gasteiger partial charge in [0.15, 0.2) is 11.5 Å². The first kappa shape index (κ1) is 20.0. The third-order valence-electron chi connectivity index (χ3n) is 4.91. The molecule has 1 aliphatic heterocycles. The first-order valence-electron chi connectivity index (χ1n) is 9.59. The molecule has 6 nitrogen and oxygen atoms in total. The Morgan fingerprint density at radius 3 is 2.64 bits per heavy atom. The van der Waals surface area contributed by atoms with Crippen molar-refractivity contribution >= 4 is 11.7 Å². The molecule has 0 saturated carbocycles. The molecule has 28 heavy (non-hydrogen) atoms. The molecular weight excluding hydrogens is 356 g/mol. The molecular formula is C22H28N2O4. The van der Waals surface area contributed by atoms with E-state index in [2.05, 4.69) is 17.4 Å². The number of amides is 2. The number of likely N-dealkylation sites (tertiary alicyclic amines) is 1. The van der Waals surface area contributed by atoms with Crippen molar-refractivity contribution < 1.29 is 19.0 Å². The number of benzene rings is 2. The number of nitrogens with zero attached hydrogens (tertiary/aromatic N) is 1. The predicted molar refractivity (Wildman–Crippen MR) is 109 cm³/mol. The lowest BCUT2D eigenvalue weighted by molar-refractivity contribution is 0.0606. The maximum atomic E-state index is 12.7. The molecule has 0 radical (unpaired) electrons. The average Bonchev–Trinajstić information content (AvgIpc) is 2.74. The number of ether oxygens (including phenoxy) is 3. The lowest BCUT2D eigenvalue weighted by atomic mass is 9.99. The van der Waals surface area contributed by atoms with Gasteiger partial charge in [0.1, 0.15) is 0 Å². The zero-order valence-corrected chi connectivity index (χ0v) is 16.5. The van der Waals surface area contributed by atoms with Crippen LogP contribution in [0, 0.1) is 5.92 Å². The van der Waals surface area contributed by atoms with Gasteiger partial charge in [-0.2, -0.15) is 0 Å². The number of hydrogen-bond acceptors (Lipinski definition) is 4. The fraction of sp³-hybridized carbons (Fsp3) is 0.409. The molecule has 2 amide bonds. The Bertz CT molecular complexity index is 766. The summed E-state index contributed by atoms with van der Waals surface area (Å²) >= 11 is 0. The zero-order valence-electron chi connectivity index (χ0n) is 16.5. The van der Waals surface area contributed by atoms with E-state index in [1.807, 2.05) is 29.2 Å². The number of urea groups is 1. The zero-order chi connectivity index (χ0) is 19.8. The van der Waals surface area contributed by atoms with E-state index in [4.69, 9.17) is 14.2 Å². The number of nitrogens with one attached hydrogen (secondary N) is 1. The van der Waals surface area contributed by atoms with Crippen LogP contribution in [0.25, 0.3) is 0 Å². The highest BCUT2D eigenvalue weighted by molar-refractivity contribution is 5.89. The fourth-order valence-corrected chi connectivity index (χ4v) is 3.42. The van der Waals surface area contributed by atoms with Gasteiger partial charge in [0.25, 0.3) is 0 Å². The summed E-state index contributed by atoms with van der Waals surface area (Å²) in [5.74, 6) is 1.58. The molecule has 0 spiro atoms. The maximum Gasteiger partial charge on any atom is 0.321 e. The average molecular weight is 384 g/mol. The molecule has 1 fully saturated rings. The second-order valence-electron chi connectivity index (χ2n) is 6.95. The van der Waals surface area contributed by atoms with E-state index in [0.29, 0.717) is 42.9 Å². The van der Waals surface area contributed by atoms with Gasteiger partial charge in [-0.15, -0.1) is 0 Å². The topological polar surface area (TPSA) is 60.0 Å². The van der Waals surface area contributed by atoms with Crippen molar-refractivity contribution in [2.75, 3.05) is 39.2 Å². The van der Waals surface area contributed by atoms with Crippen LogP contribution in [0.1, 0.15) is 18.4 Å². The third-order valence-corrected chi connectivity index (χ3v) is 4.91. The number of piperidine rings is 1. The van der Waals surface area contributed by atoms with Crippen LogP contribution < -0.4 is 14.8 Å². The number of rotatable bonds is 7. The SMILES string of the molecule is COc1ccc(NC(=O)N2CCCC(COCc3ccccc3)C2)cc1OC. The second kappa shape index (κ2) is 9.99. The molecule has 0 bridgehead atoms. The Labute approximate surface area is 166 Å². The molecule has 1 unspecified atom stereocenters. The van der Waals surface area contributed by atoms with Crippen molar-refractivity contribution in [1.29, 1.82) is 0 Å². The Morgan fingerprint density at radius 1 is 1.11 bits per heavy atom. The van der Waals surface area contributed by atoms with Gasteiger partial charge in [-0.3, -0.25) is 0 Å². The van der Waals surface area contributed by atoms with Gasteiger partial charge in [0.2, 0.25) is 0 Å². The quantitative estimate of drug-likeness (QED) is 0.779. The summed E-state index contributed by atoms with van der Waals surface area (Å²) < 4.78 is 16.4. The van der Waals surface area contributed by atoms with Crippen LogP contribution in [0.4, 0.5) is 10.5 Å². The minimum atomic E-state index is -0.0972. The molecule has 3 rings (SSSR count). The van der Waals surface area contributed by atoms with Crippen molar-refractivity contribution in [2.24, 2.45) is 5.92 Å². The first-order valence-corrected chi connectivity index (χ1v) is 9.59. The molecule has 0 aromatic heterocycles. The number of carbonyl (C=O) groups excluding carboxylic acids is 1. The van der Waals surface area contributed by atoms with Crippen LogP contribution in [-0.4, -0.2) is 44.8 Å². The van der Waals surface area contributed by atoms with Crippen LogP contribution in [0.15, 0.2) is 48.5 Å². The predicted octanol–water partition coefficient (Wildman–Crippen LogP) is 4.16. The summed E-state index contributed by atoms with van der Waals surface area (Å²) in [6, 6.07) is 15.4. The standard InChI is InChI=1S/C22H28N2O4/c1-26-20-11-10-19(13-21(20)27-2)23-22(25)24-12-6-9-18(14-24)16-28-15-17-7-4-3-5-8-17/h3-5,7-8,10-11,13,18H,6,9,12,14-16H2,1-2H3,(H,23,25). The number of carbonyl (C=O) groups is 1. The van der Waals surface area contributed by atoms with Crippen LogP contribution in [-0.2, 0) is 11.3 Å². The van der Waals surface area contributed by atoms with E-state index >= 15 is 0 Å². The van der Waals surface area contributed by atoms with Crippen molar-refractivity contribution in [1.82, 2.24) is 4.90 Å². The normalized spacial score (nSPS) is 16.5. The smallest absolute Gasteiger partial charge is 0.321 e. The van der Waals surface area contributed by atoms with Crippen LogP contribution in [0.5, 0.6) is 11.5 Å². The fourth-order valence-electron chi connectivity index (χ4n) is 3.42. The summed E-state index contributed by atoms with van der Waals surface area (Å²) in [7, 11) is 3.16. The van der Waals surface area contributed by atoms with Crippen molar-refractivity contribution in [3.63, 3.8) is 0 Å². The highest BCUT2D eigenvalue weighted by atomic mass is 16.5. The highest BCUT2D eigenvalue weighted by Crippen LogP contribution is 2.30. The summed E-state index contributed by atoms with van der Waals surface area (Å²) in [5, 5.41) is 2.95. The van der Waals surface area contributed by atoms with E-state index in [0.717, 1.165) is 19.4 Å². The van der Waals surface area contributed by atoms with Gasteiger partial charge in [-0.25, -0.2) is 4.79 Å². The van der Waals surface area contributed by atoms with Gasteiger partial charge in [0, 0.05) is 30.8 Å². The molecule has 1 heterocycles. The Balaban J connectivity index is 1.50. The van der Waals surface area contributed by atoms with Gasteiger partial charge >= 0.3 is 6.03 Å². The first-order chi connectivity index (χ1) is 13.7. The highest BCUT2D eigenvalue weighted by Gasteiger charge is 2.24. The van der Waals surface area contributed by atoms with E-state index in [1.165, 1.54) is 5.56 Å². The molecule has 2 aromatic rings. The Kier molecular flexibility index (Phi) is 7.14. The monoisotopic (exact) mass is 384 g/mol. The largest absolute Gasteiger partial charge is 0.493 e. The Hall–Kier alpha value is -2.73. The van der Waals surface area contributed by atoms with E-state index in [-0.39, 0.29) is 6.03 Å². The number of hydrogen-bond donors (Lipinski definition) is 1. The summed E-state index contributed by atoms with van der Waals surface area (Å²) in [5.41, 5.74) is 1.85. The lowest BCUT2D eigenvalue weighted by Gasteiger charge is -2.32. The van der Waals surface area contributed by atoms with Crippen molar-refractivity contribution in [3.05, 3.63) is 54.1 Å². The summed E-state index contributed by atoms with van der Waals surface area (Å²) in [4.78, 5) is 14.5. The molecule has 0 aliphatic carbocycles. The Morgan fingerprint density at radius 2 is 1.89 bits per heavy atom. The van der Waals surface area contributed by atoms with Gasteiger partial charge in [0.05, 0.1) is 27.4 Å². The molecule has 1 aliphatic rings. The van der Waals surface area contributed by atoms with Crippen molar-refractivity contribution in [2.45, 2.75) is 19.4 Å². The summed E-state index contributed by atoms with van der Waals surface area (Å²) in [6.07, 6.45) is 2.06. The summed E-state index contributed by atoms with van der Waals surface area (Å²) in [6.45, 7) is 2.73. The molecule has 2 aromatic carbocycles. The van der Waals surface area contributed by atoms with Crippen LogP contribution in [0.2, 0.25) is 0 Å². The molecule has 1 saturated heterocycles. The number of anilines is 1. The van der Waals surface area contributed by atoms with E-state index < -0.39 is 0 Å². The minimum absolute atomic E-state index is 0.0972. The second-order valence-corrected chi connectivity index (χ2v) is 6.95. The van der Waals surface area contributed by atoms with E-state index in [9.17, 15) is 4.79 Å². The lowest BCUT2D eigenvalue weighted by Crippen LogP contribution is -2.43. The molecule has 150 valence electrons. The van der Waals surface area contributed by atoms with Crippen LogP contribution in [0.3, 0.4) is 0 Å². The maximum absolute atomic E-state index is 12.7. The van der Waals surface area contributed by atoms with E-state index in [1.54, 1.807) is 26.4 Å². The molecule has 6 heteroatoms. The van der Waals surface area contributed by atoms with Gasteiger partial charge < -0.3 is 24.4 Å². The van der Waals surface area contributed by atoms with Crippen LogP contribution >= 0.6 is 0 Å². The van der Waals surface area contributed by atoms with Gasteiger partial charge in [-0.05, 0) is 30.5 Å². The van der Waals surface area contributed by atoms with Gasteiger partial charge in [-0.1, -0.05) is 30.3 Å². The van der Waals surface area contributed by atoms with Crippen molar-refractivity contribution in [3.8, 4) is 11.5 Å². The molecule has 1 N–H and O–H groups in total. The third kappa shape index (κ3) is 5.39. The molecule has 1 atom stereocenters. The minimum Gasteiger partial charge on any atom is -0.493 e.